The minimum atomic E-state index is -4.39. The molecule has 1 aliphatic heterocycles. The van der Waals surface area contributed by atoms with Crippen LogP contribution >= 0.6 is 0 Å². The summed E-state index contributed by atoms with van der Waals surface area (Å²) in [5.41, 5.74) is 0.0742. The topological polar surface area (TPSA) is 43.4 Å². The molecule has 1 aromatic heterocycles. The number of nitrogens with one attached hydrogen (secondary N) is 1. The number of para-hydroxylation sites is 1. The van der Waals surface area contributed by atoms with Crippen LogP contribution in [-0.4, -0.2) is 18.2 Å². The van der Waals surface area contributed by atoms with Crippen LogP contribution in [0.5, 0.6) is 11.5 Å². The van der Waals surface area contributed by atoms with E-state index >= 15 is 0 Å². The van der Waals surface area contributed by atoms with Crippen LogP contribution in [0.3, 0.4) is 0 Å². The third-order valence-electron chi connectivity index (χ3n) is 3.40. The molecule has 0 saturated heterocycles. The van der Waals surface area contributed by atoms with Crippen molar-refractivity contribution in [2.24, 2.45) is 0 Å². The van der Waals surface area contributed by atoms with Crippen LogP contribution in [0.1, 0.15) is 17.5 Å². The fourth-order valence-corrected chi connectivity index (χ4v) is 2.28. The Morgan fingerprint density at radius 3 is 2.78 bits per heavy atom. The molecule has 0 unspecified atom stereocenters. The van der Waals surface area contributed by atoms with Gasteiger partial charge in [-0.1, -0.05) is 12.1 Å². The van der Waals surface area contributed by atoms with Crippen molar-refractivity contribution in [2.45, 2.75) is 19.1 Å². The number of alkyl halides is 3. The number of anilines is 1. The predicted molar refractivity (Wildman–Crippen MR) is 78.6 cm³/mol. The molecule has 0 saturated carbocycles. The zero-order valence-electron chi connectivity index (χ0n) is 12.2. The molecule has 0 aliphatic carbocycles. The fourth-order valence-electron chi connectivity index (χ4n) is 2.28. The minimum absolute atomic E-state index is 0.159. The largest absolute Gasteiger partial charge is 0.490 e. The molecule has 1 N–H and O–H groups in total. The lowest BCUT2D eigenvalue weighted by atomic mass is 10.2. The number of benzene rings is 1. The Labute approximate surface area is 131 Å². The highest BCUT2D eigenvalue weighted by atomic mass is 19.4. The summed E-state index contributed by atoms with van der Waals surface area (Å²) >= 11 is 0. The first-order valence-electron chi connectivity index (χ1n) is 7.18. The molecular formula is C16H15F3N2O2. The van der Waals surface area contributed by atoms with Gasteiger partial charge in [0.1, 0.15) is 5.82 Å². The Bertz CT molecular complexity index is 689. The van der Waals surface area contributed by atoms with Gasteiger partial charge >= 0.3 is 6.18 Å². The Kier molecular flexibility index (Phi) is 4.27. The first-order valence-corrected chi connectivity index (χ1v) is 7.18. The zero-order valence-corrected chi connectivity index (χ0v) is 12.2. The third kappa shape index (κ3) is 3.67. The van der Waals surface area contributed by atoms with Crippen molar-refractivity contribution < 1.29 is 22.6 Å². The summed E-state index contributed by atoms with van der Waals surface area (Å²) in [7, 11) is 0. The lowest BCUT2D eigenvalue weighted by molar-refractivity contribution is -0.137. The number of hydrogen-bond donors (Lipinski definition) is 1. The number of hydrogen-bond acceptors (Lipinski definition) is 4. The number of pyridine rings is 1. The molecule has 4 nitrogen and oxygen atoms in total. The third-order valence-corrected chi connectivity index (χ3v) is 3.40. The van der Waals surface area contributed by atoms with Crippen LogP contribution in [0.15, 0.2) is 36.5 Å². The van der Waals surface area contributed by atoms with E-state index in [1.807, 2.05) is 18.2 Å². The van der Waals surface area contributed by atoms with Crippen molar-refractivity contribution in [3.05, 3.63) is 47.7 Å². The predicted octanol–water partition coefficient (Wildman–Crippen LogP) is 3.87. The highest BCUT2D eigenvalue weighted by molar-refractivity contribution is 5.49. The number of rotatable bonds is 3. The molecular weight excluding hydrogens is 309 g/mol. The van der Waals surface area contributed by atoms with Crippen LogP contribution in [0, 0.1) is 0 Å². The SMILES string of the molecule is FC(F)(F)c1ccnc(NCc2cccc3c2OCCCO3)c1. The van der Waals surface area contributed by atoms with Crippen molar-refractivity contribution >= 4 is 5.82 Å². The maximum absolute atomic E-state index is 12.7. The summed E-state index contributed by atoms with van der Waals surface area (Å²) in [6, 6.07) is 7.40. The van der Waals surface area contributed by atoms with E-state index in [0.29, 0.717) is 31.3 Å². The van der Waals surface area contributed by atoms with E-state index in [1.165, 1.54) is 0 Å². The second kappa shape index (κ2) is 6.36. The lowest BCUT2D eigenvalue weighted by Crippen LogP contribution is -2.08. The zero-order chi connectivity index (χ0) is 16.3. The maximum Gasteiger partial charge on any atom is 0.416 e. The Morgan fingerprint density at radius 2 is 1.96 bits per heavy atom. The highest BCUT2D eigenvalue weighted by Gasteiger charge is 2.30. The normalized spacial score (nSPS) is 14.2. The number of ether oxygens (including phenoxy) is 2. The van der Waals surface area contributed by atoms with Crippen molar-refractivity contribution in [2.75, 3.05) is 18.5 Å². The Balaban J connectivity index is 1.77. The smallest absolute Gasteiger partial charge is 0.416 e. The number of halogens is 3. The lowest BCUT2D eigenvalue weighted by Gasteiger charge is -2.14. The molecule has 23 heavy (non-hydrogen) atoms. The second-order valence-corrected chi connectivity index (χ2v) is 5.08. The average molecular weight is 324 g/mol. The molecule has 0 radical (unpaired) electrons. The van der Waals surface area contributed by atoms with Gasteiger partial charge in [0.2, 0.25) is 0 Å². The molecule has 122 valence electrons. The number of aromatic nitrogens is 1. The Morgan fingerprint density at radius 1 is 1.13 bits per heavy atom. The van der Waals surface area contributed by atoms with Crippen LogP contribution in [-0.2, 0) is 12.7 Å². The summed E-state index contributed by atoms with van der Waals surface area (Å²) in [4.78, 5) is 3.92. The molecule has 2 heterocycles. The summed E-state index contributed by atoms with van der Waals surface area (Å²) in [5.74, 6) is 1.44. The molecule has 0 fully saturated rings. The van der Waals surface area contributed by atoms with E-state index < -0.39 is 11.7 Å². The molecule has 0 spiro atoms. The van der Waals surface area contributed by atoms with Gasteiger partial charge in [-0.2, -0.15) is 13.2 Å². The van der Waals surface area contributed by atoms with E-state index in [-0.39, 0.29) is 5.82 Å². The van der Waals surface area contributed by atoms with Crippen LogP contribution in [0.25, 0.3) is 0 Å². The van der Waals surface area contributed by atoms with Gasteiger partial charge in [-0.15, -0.1) is 0 Å². The molecule has 3 rings (SSSR count). The fraction of sp³-hybridized carbons (Fsp3) is 0.312. The second-order valence-electron chi connectivity index (χ2n) is 5.08. The number of fused-ring (bicyclic) bond motifs is 1. The van der Waals surface area contributed by atoms with Crippen LogP contribution in [0.4, 0.5) is 19.0 Å². The molecule has 0 amide bonds. The monoisotopic (exact) mass is 324 g/mol. The van der Waals surface area contributed by atoms with E-state index in [0.717, 1.165) is 30.3 Å². The van der Waals surface area contributed by atoms with Gasteiger partial charge in [-0.25, -0.2) is 4.98 Å². The molecule has 7 heteroatoms. The molecule has 1 aliphatic rings. The summed E-state index contributed by atoms with van der Waals surface area (Å²) in [5, 5.41) is 2.90. The van der Waals surface area contributed by atoms with Crippen LogP contribution in [0.2, 0.25) is 0 Å². The number of nitrogens with zero attached hydrogens (tertiary/aromatic N) is 1. The average Bonchev–Trinajstić information content (AvgIpc) is 2.78. The van der Waals surface area contributed by atoms with Crippen molar-refractivity contribution in [3.63, 3.8) is 0 Å². The molecule has 0 atom stereocenters. The van der Waals surface area contributed by atoms with Gasteiger partial charge in [-0.3, -0.25) is 0 Å². The molecule has 0 bridgehead atoms. The first-order chi connectivity index (χ1) is 11.0. The minimum Gasteiger partial charge on any atom is -0.490 e. The van der Waals surface area contributed by atoms with Gasteiger partial charge in [-0.05, 0) is 18.2 Å². The van der Waals surface area contributed by atoms with Gasteiger partial charge in [0.05, 0.1) is 18.8 Å². The summed E-state index contributed by atoms with van der Waals surface area (Å²) < 4.78 is 49.4. The highest BCUT2D eigenvalue weighted by Crippen LogP contribution is 2.34. The van der Waals surface area contributed by atoms with Gasteiger partial charge in [0, 0.05) is 24.7 Å². The molecule has 2 aromatic rings. The Hall–Kier alpha value is -2.44. The quantitative estimate of drug-likeness (QED) is 0.931. The van der Waals surface area contributed by atoms with E-state index in [2.05, 4.69) is 10.3 Å². The van der Waals surface area contributed by atoms with Crippen LogP contribution < -0.4 is 14.8 Å². The van der Waals surface area contributed by atoms with E-state index in [4.69, 9.17) is 9.47 Å². The van der Waals surface area contributed by atoms with Gasteiger partial charge in [0.15, 0.2) is 11.5 Å². The summed E-state index contributed by atoms with van der Waals surface area (Å²) in [6.45, 7) is 1.42. The standard InChI is InChI=1S/C16H15F3N2O2/c17-16(18,19)12-5-6-20-14(9-12)21-10-11-3-1-4-13-15(11)23-8-2-7-22-13/h1,3-6,9H,2,7-8,10H2,(H,20,21). The molecule has 1 aromatic carbocycles. The van der Waals surface area contributed by atoms with Gasteiger partial charge < -0.3 is 14.8 Å². The van der Waals surface area contributed by atoms with Crippen molar-refractivity contribution in [1.82, 2.24) is 4.98 Å². The van der Waals surface area contributed by atoms with Crippen molar-refractivity contribution in [1.29, 1.82) is 0 Å². The maximum atomic E-state index is 12.7. The summed E-state index contributed by atoms with van der Waals surface area (Å²) in [6.07, 6.45) is -2.47. The van der Waals surface area contributed by atoms with E-state index in [1.54, 1.807) is 0 Å². The first kappa shape index (κ1) is 15.5. The van der Waals surface area contributed by atoms with E-state index in [9.17, 15) is 13.2 Å². The van der Waals surface area contributed by atoms with Gasteiger partial charge in [0.25, 0.3) is 0 Å². The van der Waals surface area contributed by atoms with Crippen molar-refractivity contribution in [3.8, 4) is 11.5 Å².